The second-order valence-corrected chi connectivity index (χ2v) is 4.20. The Morgan fingerprint density at radius 2 is 2.46 bits per heavy atom. The van der Waals surface area contributed by atoms with Gasteiger partial charge >= 0.3 is 0 Å². The molecule has 1 unspecified atom stereocenters. The van der Waals surface area contributed by atoms with Crippen LogP contribution in [-0.2, 0) is 4.74 Å². The summed E-state index contributed by atoms with van der Waals surface area (Å²) in [6, 6.07) is 1.79. The summed E-state index contributed by atoms with van der Waals surface area (Å²) in [6.07, 6.45) is 1.82. The molecule has 0 aliphatic carbocycles. The predicted octanol–water partition coefficient (Wildman–Crippen LogP) is 2.74. The molecule has 0 saturated heterocycles. The summed E-state index contributed by atoms with van der Waals surface area (Å²) in [6.45, 7) is 0.662. The van der Waals surface area contributed by atoms with Gasteiger partial charge in [-0.3, -0.25) is 0 Å². The highest BCUT2D eigenvalue weighted by Gasteiger charge is 2.20. The molecule has 0 bridgehead atoms. The molecule has 1 atom stereocenters. The van der Waals surface area contributed by atoms with Gasteiger partial charge in [-0.1, -0.05) is 11.6 Å². The van der Waals surface area contributed by atoms with Gasteiger partial charge in [0.25, 0.3) is 0 Å². The quantitative estimate of drug-likeness (QED) is 0.824. The zero-order chi connectivity index (χ0) is 9.26. The van der Waals surface area contributed by atoms with Gasteiger partial charge in [0, 0.05) is 12.0 Å². The summed E-state index contributed by atoms with van der Waals surface area (Å²) < 4.78 is 5.06. The van der Waals surface area contributed by atoms with Crippen molar-refractivity contribution in [2.24, 2.45) is 0 Å². The first-order valence-electron chi connectivity index (χ1n) is 4.00. The SMILES string of the molecule is OC(C1=COCC1)c1sccc1Cl. The van der Waals surface area contributed by atoms with Gasteiger partial charge in [0.15, 0.2) is 0 Å². The summed E-state index contributed by atoms with van der Waals surface area (Å²) in [5.41, 5.74) is 0.907. The van der Waals surface area contributed by atoms with Crippen molar-refractivity contribution < 1.29 is 9.84 Å². The molecule has 1 aliphatic heterocycles. The van der Waals surface area contributed by atoms with Crippen LogP contribution in [0.25, 0.3) is 0 Å². The van der Waals surface area contributed by atoms with Gasteiger partial charge in [0.05, 0.1) is 22.8 Å². The lowest BCUT2D eigenvalue weighted by Gasteiger charge is -2.08. The van der Waals surface area contributed by atoms with E-state index >= 15 is 0 Å². The van der Waals surface area contributed by atoms with Crippen LogP contribution in [0.1, 0.15) is 17.4 Å². The van der Waals surface area contributed by atoms with E-state index in [0.29, 0.717) is 11.6 Å². The van der Waals surface area contributed by atoms with Crippen LogP contribution in [0.2, 0.25) is 5.02 Å². The minimum Gasteiger partial charge on any atom is -0.501 e. The van der Waals surface area contributed by atoms with Crippen molar-refractivity contribution in [3.8, 4) is 0 Å². The second-order valence-electron chi connectivity index (χ2n) is 2.85. The maximum atomic E-state index is 9.87. The molecule has 0 spiro atoms. The molecule has 0 fully saturated rings. The van der Waals surface area contributed by atoms with E-state index in [0.717, 1.165) is 16.9 Å². The van der Waals surface area contributed by atoms with E-state index in [1.807, 2.05) is 5.38 Å². The van der Waals surface area contributed by atoms with Gasteiger partial charge in [-0.25, -0.2) is 0 Å². The Hall–Kier alpha value is -0.510. The molecule has 2 heterocycles. The van der Waals surface area contributed by atoms with E-state index < -0.39 is 6.10 Å². The zero-order valence-corrected chi connectivity index (χ0v) is 8.44. The lowest BCUT2D eigenvalue weighted by Crippen LogP contribution is -1.98. The molecule has 2 nitrogen and oxygen atoms in total. The summed E-state index contributed by atoms with van der Waals surface area (Å²) in [5.74, 6) is 0. The molecule has 0 aromatic carbocycles. The molecule has 2 rings (SSSR count). The lowest BCUT2D eigenvalue weighted by molar-refractivity contribution is 0.217. The van der Waals surface area contributed by atoms with Gasteiger partial charge < -0.3 is 9.84 Å². The third-order valence-electron chi connectivity index (χ3n) is 1.99. The first-order chi connectivity index (χ1) is 6.29. The van der Waals surface area contributed by atoms with E-state index in [4.69, 9.17) is 16.3 Å². The number of aliphatic hydroxyl groups is 1. The highest BCUT2D eigenvalue weighted by atomic mass is 35.5. The molecular weight excluding hydrogens is 208 g/mol. The molecule has 1 N–H and O–H groups in total. The van der Waals surface area contributed by atoms with Crippen molar-refractivity contribution in [2.75, 3.05) is 6.61 Å². The normalized spacial score (nSPS) is 18.2. The predicted molar refractivity (Wildman–Crippen MR) is 52.9 cm³/mol. The Bertz CT molecular complexity index is 332. The van der Waals surface area contributed by atoms with Gasteiger partial charge in [0.1, 0.15) is 6.10 Å². The monoisotopic (exact) mass is 216 g/mol. The Morgan fingerprint density at radius 1 is 1.62 bits per heavy atom. The zero-order valence-electron chi connectivity index (χ0n) is 6.87. The maximum Gasteiger partial charge on any atom is 0.114 e. The van der Waals surface area contributed by atoms with Crippen molar-refractivity contribution in [1.82, 2.24) is 0 Å². The number of thiophene rings is 1. The number of rotatable bonds is 2. The number of hydrogen-bond donors (Lipinski definition) is 1. The first-order valence-corrected chi connectivity index (χ1v) is 5.26. The minimum atomic E-state index is -0.588. The van der Waals surface area contributed by atoms with Gasteiger partial charge in [-0.2, -0.15) is 0 Å². The van der Waals surface area contributed by atoms with Crippen LogP contribution in [0.15, 0.2) is 23.3 Å². The lowest BCUT2D eigenvalue weighted by atomic mass is 10.1. The summed E-state index contributed by atoms with van der Waals surface area (Å²) in [4.78, 5) is 0.804. The molecule has 0 radical (unpaired) electrons. The minimum absolute atomic E-state index is 0.588. The average Bonchev–Trinajstić information content (AvgIpc) is 2.72. The molecule has 1 aromatic rings. The highest BCUT2D eigenvalue weighted by Crippen LogP contribution is 2.35. The third-order valence-corrected chi connectivity index (χ3v) is 3.40. The number of ether oxygens (including phenoxy) is 1. The molecule has 0 amide bonds. The van der Waals surface area contributed by atoms with Crippen molar-refractivity contribution in [2.45, 2.75) is 12.5 Å². The van der Waals surface area contributed by atoms with E-state index in [2.05, 4.69) is 0 Å². The molecule has 0 saturated carbocycles. The van der Waals surface area contributed by atoms with E-state index in [9.17, 15) is 5.11 Å². The van der Waals surface area contributed by atoms with E-state index in [-0.39, 0.29) is 0 Å². The summed E-state index contributed by atoms with van der Waals surface area (Å²) >= 11 is 7.36. The number of halogens is 1. The van der Waals surface area contributed by atoms with Crippen LogP contribution in [0.3, 0.4) is 0 Å². The van der Waals surface area contributed by atoms with Gasteiger partial charge in [-0.05, 0) is 11.4 Å². The van der Waals surface area contributed by atoms with Crippen LogP contribution < -0.4 is 0 Å². The van der Waals surface area contributed by atoms with Crippen LogP contribution in [0.4, 0.5) is 0 Å². The molecule has 13 heavy (non-hydrogen) atoms. The molecule has 70 valence electrons. The van der Waals surface area contributed by atoms with Gasteiger partial charge in [0.2, 0.25) is 0 Å². The average molecular weight is 217 g/mol. The third kappa shape index (κ3) is 1.73. The van der Waals surface area contributed by atoms with Crippen molar-refractivity contribution >= 4 is 22.9 Å². The van der Waals surface area contributed by atoms with Crippen molar-refractivity contribution in [3.63, 3.8) is 0 Å². The fraction of sp³-hybridized carbons (Fsp3) is 0.333. The smallest absolute Gasteiger partial charge is 0.114 e. The Balaban J connectivity index is 2.21. The van der Waals surface area contributed by atoms with Crippen LogP contribution in [0, 0.1) is 0 Å². The Morgan fingerprint density at radius 3 is 3.00 bits per heavy atom. The van der Waals surface area contributed by atoms with Crippen LogP contribution in [-0.4, -0.2) is 11.7 Å². The van der Waals surface area contributed by atoms with E-state index in [1.165, 1.54) is 11.3 Å². The number of hydrogen-bond acceptors (Lipinski definition) is 3. The molecule has 1 aromatic heterocycles. The van der Waals surface area contributed by atoms with Crippen molar-refractivity contribution in [1.29, 1.82) is 0 Å². The van der Waals surface area contributed by atoms with Gasteiger partial charge in [-0.15, -0.1) is 11.3 Å². The highest BCUT2D eigenvalue weighted by molar-refractivity contribution is 7.10. The fourth-order valence-corrected chi connectivity index (χ4v) is 2.46. The van der Waals surface area contributed by atoms with E-state index in [1.54, 1.807) is 12.3 Å². The standard InChI is InChI=1S/C9H9ClO2S/c10-7-2-4-13-9(7)8(11)6-1-3-12-5-6/h2,4-5,8,11H,1,3H2. The van der Waals surface area contributed by atoms with Crippen molar-refractivity contribution in [3.05, 3.63) is 33.2 Å². The molecular formula is C9H9ClO2S. The fourth-order valence-electron chi connectivity index (χ4n) is 1.27. The maximum absolute atomic E-state index is 9.87. The molecule has 1 aliphatic rings. The second kappa shape index (κ2) is 3.70. The van der Waals surface area contributed by atoms with Crippen LogP contribution >= 0.6 is 22.9 Å². The summed E-state index contributed by atoms with van der Waals surface area (Å²) in [7, 11) is 0. The first kappa shape index (κ1) is 9.06. The topological polar surface area (TPSA) is 29.5 Å². The van der Waals surface area contributed by atoms with Crippen LogP contribution in [0.5, 0.6) is 0 Å². The largest absolute Gasteiger partial charge is 0.501 e. The molecule has 4 heteroatoms. The Kier molecular flexibility index (Phi) is 2.58. The summed E-state index contributed by atoms with van der Waals surface area (Å²) in [5, 5.41) is 12.4. The number of aliphatic hydroxyl groups excluding tert-OH is 1. The Labute approximate surface area is 85.4 Å².